The van der Waals surface area contributed by atoms with Crippen molar-refractivity contribution in [2.24, 2.45) is 0 Å². The Morgan fingerprint density at radius 1 is 1.42 bits per heavy atom. The fourth-order valence-corrected chi connectivity index (χ4v) is 2.61. The second-order valence-corrected chi connectivity index (χ2v) is 5.40. The lowest BCUT2D eigenvalue weighted by atomic mass is 9.96. The second-order valence-electron chi connectivity index (χ2n) is 5.40. The molecule has 1 fully saturated rings. The molecule has 1 aliphatic heterocycles. The fourth-order valence-electron chi connectivity index (χ4n) is 2.61. The molecule has 2 rings (SSSR count). The first kappa shape index (κ1) is 14.1. The molecule has 104 valence electrons. The van der Waals surface area contributed by atoms with Crippen molar-refractivity contribution in [3.05, 3.63) is 35.4 Å². The lowest BCUT2D eigenvalue weighted by molar-refractivity contribution is -0.135. The lowest BCUT2D eigenvalue weighted by Crippen LogP contribution is -2.43. The molecular formula is C16H23NO2. The van der Waals surface area contributed by atoms with Gasteiger partial charge in [0, 0.05) is 13.1 Å². The molecule has 3 nitrogen and oxygen atoms in total. The van der Waals surface area contributed by atoms with Gasteiger partial charge in [-0.25, -0.2) is 0 Å². The molecule has 2 atom stereocenters. The van der Waals surface area contributed by atoms with Gasteiger partial charge in [0.15, 0.2) is 0 Å². The quantitative estimate of drug-likeness (QED) is 0.907. The van der Waals surface area contributed by atoms with E-state index in [2.05, 4.69) is 19.1 Å². The number of aliphatic hydroxyl groups excluding tert-OH is 1. The lowest BCUT2D eigenvalue weighted by Gasteiger charge is -2.32. The Balaban J connectivity index is 2.05. The van der Waals surface area contributed by atoms with E-state index in [-0.39, 0.29) is 17.9 Å². The van der Waals surface area contributed by atoms with Gasteiger partial charge in [0.2, 0.25) is 5.91 Å². The zero-order valence-electron chi connectivity index (χ0n) is 11.8. The molecule has 0 aromatic heterocycles. The van der Waals surface area contributed by atoms with Gasteiger partial charge in [0.1, 0.15) is 0 Å². The first-order valence-corrected chi connectivity index (χ1v) is 7.17. The van der Waals surface area contributed by atoms with Gasteiger partial charge in [-0.2, -0.15) is 0 Å². The van der Waals surface area contributed by atoms with Crippen LogP contribution < -0.4 is 0 Å². The number of nitrogens with zero attached hydrogens (tertiary/aromatic N) is 1. The summed E-state index contributed by atoms with van der Waals surface area (Å²) in [6.45, 7) is 5.33. The topological polar surface area (TPSA) is 40.5 Å². The van der Waals surface area contributed by atoms with Gasteiger partial charge in [0.25, 0.3) is 0 Å². The third-order valence-corrected chi connectivity index (χ3v) is 3.97. The molecule has 1 aromatic rings. The molecule has 3 heteroatoms. The average molecular weight is 261 g/mol. The molecule has 1 heterocycles. The summed E-state index contributed by atoms with van der Waals surface area (Å²) in [4.78, 5) is 14.2. The molecule has 1 amide bonds. The highest BCUT2D eigenvalue weighted by Gasteiger charge is 2.26. The van der Waals surface area contributed by atoms with Crippen molar-refractivity contribution < 1.29 is 9.90 Å². The van der Waals surface area contributed by atoms with Crippen LogP contribution in [0.25, 0.3) is 0 Å². The smallest absolute Gasteiger partial charge is 0.229 e. The number of benzene rings is 1. The SMILES string of the molecule is CCc1ccc(C(C)C(=O)N2CCCC(O)C2)cc1. The number of rotatable bonds is 3. The fraction of sp³-hybridized carbons (Fsp3) is 0.562. The summed E-state index contributed by atoms with van der Waals surface area (Å²) >= 11 is 0. The molecular weight excluding hydrogens is 238 g/mol. The standard InChI is InChI=1S/C16H23NO2/c1-3-13-6-8-14(9-7-13)12(2)16(19)17-10-4-5-15(18)11-17/h6-9,12,15,18H,3-5,10-11H2,1-2H3. The minimum absolute atomic E-state index is 0.128. The summed E-state index contributed by atoms with van der Waals surface area (Å²) in [6.07, 6.45) is 2.37. The Kier molecular flexibility index (Phi) is 4.59. The van der Waals surface area contributed by atoms with Gasteiger partial charge < -0.3 is 10.0 Å². The average Bonchev–Trinajstić information content (AvgIpc) is 2.46. The summed E-state index contributed by atoms with van der Waals surface area (Å²) in [7, 11) is 0. The van der Waals surface area contributed by atoms with E-state index in [9.17, 15) is 9.90 Å². The van der Waals surface area contributed by atoms with E-state index in [1.165, 1.54) is 5.56 Å². The van der Waals surface area contributed by atoms with Crippen LogP contribution in [0.3, 0.4) is 0 Å². The monoisotopic (exact) mass is 261 g/mol. The molecule has 0 radical (unpaired) electrons. The van der Waals surface area contributed by atoms with Crippen LogP contribution in [0.4, 0.5) is 0 Å². The van der Waals surface area contributed by atoms with Gasteiger partial charge in [-0.3, -0.25) is 4.79 Å². The van der Waals surface area contributed by atoms with E-state index in [0.717, 1.165) is 31.4 Å². The molecule has 1 aliphatic rings. The van der Waals surface area contributed by atoms with Crippen LogP contribution in [0.2, 0.25) is 0 Å². The summed E-state index contributed by atoms with van der Waals surface area (Å²) < 4.78 is 0. The maximum atomic E-state index is 12.4. The number of amides is 1. The zero-order chi connectivity index (χ0) is 13.8. The predicted molar refractivity (Wildman–Crippen MR) is 76.1 cm³/mol. The van der Waals surface area contributed by atoms with Gasteiger partial charge in [-0.1, -0.05) is 31.2 Å². The maximum Gasteiger partial charge on any atom is 0.229 e. The van der Waals surface area contributed by atoms with Gasteiger partial charge in [-0.15, -0.1) is 0 Å². The number of carbonyl (C=O) groups is 1. The van der Waals surface area contributed by atoms with E-state index < -0.39 is 0 Å². The number of aliphatic hydroxyl groups is 1. The first-order chi connectivity index (χ1) is 9.11. The molecule has 1 saturated heterocycles. The number of carbonyl (C=O) groups excluding carboxylic acids is 1. The molecule has 19 heavy (non-hydrogen) atoms. The van der Waals surface area contributed by atoms with Gasteiger partial charge in [0.05, 0.1) is 12.0 Å². The van der Waals surface area contributed by atoms with Crippen molar-refractivity contribution in [2.45, 2.75) is 45.1 Å². The Morgan fingerprint density at radius 3 is 2.68 bits per heavy atom. The summed E-state index contributed by atoms with van der Waals surface area (Å²) in [5.41, 5.74) is 2.35. The second kappa shape index (κ2) is 6.20. The Labute approximate surface area is 115 Å². The molecule has 1 aromatic carbocycles. The predicted octanol–water partition coefficient (Wildman–Crippen LogP) is 2.34. The first-order valence-electron chi connectivity index (χ1n) is 7.17. The third kappa shape index (κ3) is 3.35. The summed E-state index contributed by atoms with van der Waals surface area (Å²) in [6, 6.07) is 8.26. The number of hydrogen-bond donors (Lipinski definition) is 1. The number of hydrogen-bond acceptors (Lipinski definition) is 2. The maximum absolute atomic E-state index is 12.4. The molecule has 0 spiro atoms. The van der Waals surface area contributed by atoms with Crippen LogP contribution in [0.1, 0.15) is 43.7 Å². The molecule has 0 saturated carbocycles. The van der Waals surface area contributed by atoms with Crippen molar-refractivity contribution in [1.82, 2.24) is 4.90 Å². The van der Waals surface area contributed by atoms with Crippen molar-refractivity contribution in [3.63, 3.8) is 0 Å². The molecule has 2 unspecified atom stereocenters. The Morgan fingerprint density at radius 2 is 2.11 bits per heavy atom. The zero-order valence-corrected chi connectivity index (χ0v) is 11.8. The van der Waals surface area contributed by atoms with Gasteiger partial charge in [-0.05, 0) is 37.3 Å². The largest absolute Gasteiger partial charge is 0.391 e. The van der Waals surface area contributed by atoms with Crippen LogP contribution in [0.5, 0.6) is 0 Å². The molecule has 1 N–H and O–H groups in total. The highest BCUT2D eigenvalue weighted by molar-refractivity contribution is 5.83. The van der Waals surface area contributed by atoms with E-state index in [1.807, 2.05) is 19.1 Å². The highest BCUT2D eigenvalue weighted by Crippen LogP contribution is 2.21. The van der Waals surface area contributed by atoms with E-state index >= 15 is 0 Å². The van der Waals surface area contributed by atoms with E-state index in [1.54, 1.807) is 4.90 Å². The van der Waals surface area contributed by atoms with Crippen molar-refractivity contribution in [3.8, 4) is 0 Å². The van der Waals surface area contributed by atoms with E-state index in [0.29, 0.717) is 6.54 Å². The third-order valence-electron chi connectivity index (χ3n) is 3.97. The summed E-state index contributed by atoms with van der Waals surface area (Å²) in [5, 5.41) is 9.66. The van der Waals surface area contributed by atoms with E-state index in [4.69, 9.17) is 0 Å². The molecule has 0 aliphatic carbocycles. The van der Waals surface area contributed by atoms with Crippen molar-refractivity contribution in [1.29, 1.82) is 0 Å². The number of β-amino-alcohol motifs (C(OH)–C–C–N with tert-alkyl or cyclic N) is 1. The van der Waals surface area contributed by atoms with Crippen LogP contribution in [0, 0.1) is 0 Å². The summed E-state index contributed by atoms with van der Waals surface area (Å²) in [5.74, 6) is -0.000736. The molecule has 0 bridgehead atoms. The minimum Gasteiger partial charge on any atom is -0.391 e. The van der Waals surface area contributed by atoms with Crippen molar-refractivity contribution >= 4 is 5.91 Å². The Bertz CT molecular complexity index is 427. The highest BCUT2D eigenvalue weighted by atomic mass is 16.3. The number of likely N-dealkylation sites (tertiary alicyclic amines) is 1. The number of piperidine rings is 1. The van der Waals surface area contributed by atoms with Crippen LogP contribution in [0.15, 0.2) is 24.3 Å². The minimum atomic E-state index is -0.354. The van der Waals surface area contributed by atoms with Crippen LogP contribution >= 0.6 is 0 Å². The normalized spacial score (nSPS) is 21.2. The number of aryl methyl sites for hydroxylation is 1. The van der Waals surface area contributed by atoms with Gasteiger partial charge >= 0.3 is 0 Å². The van der Waals surface area contributed by atoms with Crippen molar-refractivity contribution in [2.75, 3.05) is 13.1 Å². The Hall–Kier alpha value is -1.35. The van der Waals surface area contributed by atoms with Crippen LogP contribution in [-0.2, 0) is 11.2 Å². The van der Waals surface area contributed by atoms with Crippen LogP contribution in [-0.4, -0.2) is 35.1 Å².